The molecule has 164 valence electrons. The number of aryl methyl sites for hydroxylation is 1. The highest BCUT2D eigenvalue weighted by Crippen LogP contribution is 2.29. The largest absolute Gasteiger partial charge is 0.495 e. The minimum Gasteiger partial charge on any atom is -0.495 e. The van der Waals surface area contributed by atoms with Crippen LogP contribution in [0.3, 0.4) is 0 Å². The van der Waals surface area contributed by atoms with Crippen LogP contribution in [0, 0.1) is 6.92 Å². The van der Waals surface area contributed by atoms with Crippen molar-refractivity contribution in [3.8, 4) is 11.5 Å². The van der Waals surface area contributed by atoms with E-state index in [1.807, 2.05) is 13.0 Å². The molecule has 0 aliphatic rings. The van der Waals surface area contributed by atoms with E-state index in [0.29, 0.717) is 33.5 Å². The highest BCUT2D eigenvalue weighted by Gasteiger charge is 2.14. The van der Waals surface area contributed by atoms with Crippen LogP contribution in [0.2, 0.25) is 5.02 Å². The average Bonchev–Trinajstić information content (AvgIpc) is 3.19. The molecule has 0 saturated heterocycles. The van der Waals surface area contributed by atoms with Crippen molar-refractivity contribution in [2.75, 3.05) is 18.2 Å². The lowest BCUT2D eigenvalue weighted by atomic mass is 10.0. The number of carbonyl (C=O) groups excluding carboxylic acids is 1. The first-order chi connectivity index (χ1) is 14.9. The lowest BCUT2D eigenvalue weighted by molar-refractivity contribution is -0.113. The Morgan fingerprint density at radius 1 is 1.19 bits per heavy atom. The number of ether oxygens (including phenoxy) is 2. The van der Waals surface area contributed by atoms with Gasteiger partial charge in [0.1, 0.15) is 11.5 Å². The Kier molecular flexibility index (Phi) is 7.81. The van der Waals surface area contributed by atoms with Crippen molar-refractivity contribution in [3.05, 3.63) is 58.4 Å². The molecule has 0 spiro atoms. The number of nitrogens with zero attached hydrogens (tertiary/aromatic N) is 2. The Balaban J connectivity index is 1.54. The highest BCUT2D eigenvalue weighted by molar-refractivity contribution is 7.99. The van der Waals surface area contributed by atoms with Gasteiger partial charge in [-0.15, -0.1) is 10.2 Å². The Hall–Kier alpha value is -2.71. The maximum Gasteiger partial charge on any atom is 0.277 e. The number of hydrogen-bond acceptors (Lipinski definition) is 7. The fourth-order valence-electron chi connectivity index (χ4n) is 2.83. The van der Waals surface area contributed by atoms with Gasteiger partial charge in [-0.1, -0.05) is 49.3 Å². The molecule has 3 rings (SSSR count). The van der Waals surface area contributed by atoms with Crippen LogP contribution >= 0.6 is 23.4 Å². The van der Waals surface area contributed by atoms with Crippen LogP contribution in [-0.4, -0.2) is 29.0 Å². The van der Waals surface area contributed by atoms with Gasteiger partial charge in [0.05, 0.1) is 18.6 Å². The van der Waals surface area contributed by atoms with Gasteiger partial charge in [-0.3, -0.25) is 4.79 Å². The van der Waals surface area contributed by atoms with Gasteiger partial charge in [0, 0.05) is 5.02 Å². The molecular weight excluding hydrogens is 438 g/mol. The molecule has 1 aromatic heterocycles. The van der Waals surface area contributed by atoms with Gasteiger partial charge in [-0.2, -0.15) is 0 Å². The van der Waals surface area contributed by atoms with E-state index >= 15 is 0 Å². The van der Waals surface area contributed by atoms with E-state index in [9.17, 15) is 4.79 Å². The van der Waals surface area contributed by atoms with Crippen LogP contribution in [0.25, 0.3) is 0 Å². The van der Waals surface area contributed by atoms with Gasteiger partial charge in [-0.05, 0) is 48.2 Å². The Labute approximate surface area is 190 Å². The fourth-order valence-corrected chi connectivity index (χ4v) is 3.58. The molecule has 3 aromatic rings. The van der Waals surface area contributed by atoms with Crippen molar-refractivity contribution in [2.24, 2.45) is 0 Å². The van der Waals surface area contributed by atoms with Gasteiger partial charge in [-0.25, -0.2) is 0 Å². The van der Waals surface area contributed by atoms with Gasteiger partial charge in [0.2, 0.25) is 5.91 Å². The summed E-state index contributed by atoms with van der Waals surface area (Å²) in [5.41, 5.74) is 2.73. The summed E-state index contributed by atoms with van der Waals surface area (Å²) in [7, 11) is 1.52. The van der Waals surface area contributed by atoms with E-state index in [0.717, 1.165) is 28.6 Å². The number of methoxy groups -OCH3 is 1. The second-order valence-corrected chi connectivity index (χ2v) is 8.49. The molecule has 0 unspecified atom stereocenters. The van der Waals surface area contributed by atoms with Gasteiger partial charge in [0.25, 0.3) is 11.1 Å². The predicted octanol–water partition coefficient (Wildman–Crippen LogP) is 5.47. The van der Waals surface area contributed by atoms with Crippen molar-refractivity contribution in [2.45, 2.75) is 38.5 Å². The Bertz CT molecular complexity index is 1050. The topological polar surface area (TPSA) is 86.5 Å². The predicted molar refractivity (Wildman–Crippen MR) is 121 cm³/mol. The number of nitrogens with one attached hydrogen (secondary N) is 1. The molecule has 9 heteroatoms. The third kappa shape index (κ3) is 6.38. The van der Waals surface area contributed by atoms with E-state index in [-0.39, 0.29) is 18.3 Å². The van der Waals surface area contributed by atoms with Crippen molar-refractivity contribution in [1.29, 1.82) is 0 Å². The minimum atomic E-state index is -0.247. The first-order valence-electron chi connectivity index (χ1n) is 9.67. The van der Waals surface area contributed by atoms with Crippen molar-refractivity contribution in [3.63, 3.8) is 0 Å². The summed E-state index contributed by atoms with van der Waals surface area (Å²) in [6.45, 7) is 6.40. The third-order valence-electron chi connectivity index (χ3n) is 4.35. The number of carbonyl (C=O) groups is 1. The third-order valence-corrected chi connectivity index (χ3v) is 5.41. The smallest absolute Gasteiger partial charge is 0.277 e. The number of hydrogen-bond donors (Lipinski definition) is 1. The molecule has 2 aromatic carbocycles. The minimum absolute atomic E-state index is 0.0908. The molecule has 0 atom stereocenters. The molecule has 1 amide bonds. The molecule has 0 saturated carbocycles. The zero-order valence-electron chi connectivity index (χ0n) is 17.8. The van der Waals surface area contributed by atoms with Crippen LogP contribution in [0.5, 0.6) is 11.5 Å². The number of benzene rings is 2. The summed E-state index contributed by atoms with van der Waals surface area (Å²) in [5, 5.41) is 11.5. The number of aromatic nitrogens is 2. The second kappa shape index (κ2) is 10.5. The van der Waals surface area contributed by atoms with Crippen LogP contribution < -0.4 is 14.8 Å². The molecule has 0 bridgehead atoms. The van der Waals surface area contributed by atoms with Crippen LogP contribution in [0.4, 0.5) is 5.69 Å². The summed E-state index contributed by atoms with van der Waals surface area (Å²) in [5.74, 6) is 1.85. The first kappa shape index (κ1) is 23.0. The van der Waals surface area contributed by atoms with E-state index in [1.54, 1.807) is 18.2 Å². The summed E-state index contributed by atoms with van der Waals surface area (Å²) in [4.78, 5) is 12.3. The molecule has 0 fully saturated rings. The van der Waals surface area contributed by atoms with Gasteiger partial charge >= 0.3 is 0 Å². The van der Waals surface area contributed by atoms with E-state index < -0.39 is 0 Å². The molecule has 1 N–H and O–H groups in total. The Morgan fingerprint density at radius 2 is 2.00 bits per heavy atom. The standard InChI is InChI=1S/C22H24ClN3O4S/c1-13(2)16-7-5-14(3)9-19(16)29-11-21-25-26-22(30-21)31-12-20(27)24-17-10-15(23)6-8-18(17)28-4/h5-10,13H,11-12H2,1-4H3,(H,24,27). The van der Waals surface area contributed by atoms with E-state index in [1.165, 1.54) is 7.11 Å². The zero-order valence-corrected chi connectivity index (χ0v) is 19.3. The maximum absolute atomic E-state index is 12.3. The van der Waals surface area contributed by atoms with Crippen molar-refractivity contribution < 1.29 is 18.7 Å². The van der Waals surface area contributed by atoms with Crippen LogP contribution in [0.1, 0.15) is 36.8 Å². The quantitative estimate of drug-likeness (QED) is 0.422. The van der Waals surface area contributed by atoms with Gasteiger partial charge < -0.3 is 19.2 Å². The van der Waals surface area contributed by atoms with E-state index in [2.05, 4.69) is 41.5 Å². The van der Waals surface area contributed by atoms with Crippen molar-refractivity contribution >= 4 is 35.0 Å². The maximum atomic E-state index is 12.3. The molecule has 31 heavy (non-hydrogen) atoms. The second-order valence-electron chi connectivity index (χ2n) is 7.13. The molecule has 1 heterocycles. The first-order valence-corrected chi connectivity index (χ1v) is 11.0. The fraction of sp³-hybridized carbons (Fsp3) is 0.318. The zero-order chi connectivity index (χ0) is 22.4. The normalized spacial score (nSPS) is 10.9. The number of anilines is 1. The Morgan fingerprint density at radius 3 is 2.74 bits per heavy atom. The molecule has 0 aliphatic carbocycles. The number of rotatable bonds is 9. The highest BCUT2D eigenvalue weighted by atomic mass is 35.5. The lowest BCUT2D eigenvalue weighted by Gasteiger charge is -2.13. The molecular formula is C22H24ClN3O4S. The summed E-state index contributed by atoms with van der Waals surface area (Å²) < 4.78 is 16.7. The van der Waals surface area contributed by atoms with Crippen molar-refractivity contribution in [1.82, 2.24) is 10.2 Å². The summed E-state index contributed by atoms with van der Waals surface area (Å²) in [6, 6.07) is 11.1. The lowest BCUT2D eigenvalue weighted by Crippen LogP contribution is -2.14. The summed E-state index contributed by atoms with van der Waals surface area (Å²) >= 11 is 7.12. The number of thioether (sulfide) groups is 1. The van der Waals surface area contributed by atoms with Crippen LogP contribution in [0.15, 0.2) is 46.0 Å². The average molecular weight is 462 g/mol. The summed E-state index contributed by atoms with van der Waals surface area (Å²) in [6.07, 6.45) is 0. The number of amides is 1. The SMILES string of the molecule is COc1ccc(Cl)cc1NC(=O)CSc1nnc(COc2cc(C)ccc2C(C)C)o1. The molecule has 7 nitrogen and oxygen atoms in total. The van der Waals surface area contributed by atoms with E-state index in [4.69, 9.17) is 25.5 Å². The molecule has 0 aliphatic heterocycles. The molecule has 0 radical (unpaired) electrons. The number of halogens is 1. The monoisotopic (exact) mass is 461 g/mol. The van der Waals surface area contributed by atoms with Gasteiger partial charge in [0.15, 0.2) is 6.61 Å². The van der Waals surface area contributed by atoms with Crippen LogP contribution in [-0.2, 0) is 11.4 Å².